The van der Waals surface area contributed by atoms with E-state index in [1.54, 1.807) is 0 Å². The highest BCUT2D eigenvalue weighted by Gasteiger charge is 2.39. The summed E-state index contributed by atoms with van der Waals surface area (Å²) in [6.45, 7) is 4.25. The van der Waals surface area contributed by atoms with Gasteiger partial charge in [-0.25, -0.2) is 4.79 Å². The quantitative estimate of drug-likeness (QED) is 0.795. The van der Waals surface area contributed by atoms with Crippen LogP contribution >= 0.6 is 0 Å². The minimum absolute atomic E-state index is 0.207. The number of carbonyl (C=O) groups is 2. The average molecular weight is 256 g/mol. The van der Waals surface area contributed by atoms with Crippen molar-refractivity contribution in [2.75, 3.05) is 6.54 Å². The Labute approximate surface area is 108 Å². The van der Waals surface area contributed by atoms with Crippen molar-refractivity contribution < 1.29 is 14.7 Å². The second kappa shape index (κ2) is 6.18. The Balaban J connectivity index is 2.94. The van der Waals surface area contributed by atoms with E-state index in [-0.39, 0.29) is 5.91 Å². The van der Waals surface area contributed by atoms with Gasteiger partial charge in [-0.2, -0.15) is 0 Å². The Morgan fingerprint density at radius 1 is 1.28 bits per heavy atom. The first-order chi connectivity index (χ1) is 8.46. The molecule has 104 valence electrons. The molecule has 18 heavy (non-hydrogen) atoms. The summed E-state index contributed by atoms with van der Waals surface area (Å²) in [5.74, 6) is -1.12. The van der Waals surface area contributed by atoms with Crippen molar-refractivity contribution in [3.8, 4) is 0 Å². The van der Waals surface area contributed by atoms with Crippen molar-refractivity contribution in [1.29, 1.82) is 0 Å². The third-order valence-corrected chi connectivity index (χ3v) is 3.99. The molecule has 1 unspecified atom stereocenters. The van der Waals surface area contributed by atoms with E-state index in [2.05, 4.69) is 0 Å². The van der Waals surface area contributed by atoms with Crippen molar-refractivity contribution in [2.24, 2.45) is 5.73 Å². The molecule has 5 heteroatoms. The lowest BCUT2D eigenvalue weighted by Gasteiger charge is -2.35. The molecule has 0 saturated carbocycles. The minimum Gasteiger partial charge on any atom is -0.480 e. The summed E-state index contributed by atoms with van der Waals surface area (Å²) in [5.41, 5.74) is 5.18. The molecule has 0 aromatic rings. The zero-order valence-corrected chi connectivity index (χ0v) is 11.3. The predicted octanol–water partition coefficient (Wildman–Crippen LogP) is 1.36. The molecule has 0 spiro atoms. The minimum atomic E-state index is -0.919. The number of amides is 1. The van der Waals surface area contributed by atoms with Gasteiger partial charge >= 0.3 is 5.97 Å². The lowest BCUT2D eigenvalue weighted by atomic mass is 9.91. The second-order valence-corrected chi connectivity index (χ2v) is 5.07. The molecule has 1 aliphatic rings. The van der Waals surface area contributed by atoms with Crippen molar-refractivity contribution in [3.63, 3.8) is 0 Å². The molecule has 1 rings (SSSR count). The first-order valence-electron chi connectivity index (χ1n) is 6.79. The predicted molar refractivity (Wildman–Crippen MR) is 69.1 cm³/mol. The molecule has 3 N–H and O–H groups in total. The van der Waals surface area contributed by atoms with E-state index in [9.17, 15) is 14.7 Å². The topological polar surface area (TPSA) is 83.6 Å². The Morgan fingerprint density at radius 2 is 1.89 bits per heavy atom. The summed E-state index contributed by atoms with van der Waals surface area (Å²) in [6.07, 6.45) is 4.29. The van der Waals surface area contributed by atoms with Gasteiger partial charge in [0.05, 0.1) is 5.54 Å². The van der Waals surface area contributed by atoms with Crippen LogP contribution in [0.5, 0.6) is 0 Å². The molecular weight excluding hydrogens is 232 g/mol. The molecular formula is C13H24N2O3. The summed E-state index contributed by atoms with van der Waals surface area (Å²) < 4.78 is 0. The van der Waals surface area contributed by atoms with Gasteiger partial charge in [-0.1, -0.05) is 26.7 Å². The maximum absolute atomic E-state index is 12.5. The first-order valence-corrected chi connectivity index (χ1v) is 6.79. The van der Waals surface area contributed by atoms with Gasteiger partial charge in [0.25, 0.3) is 0 Å². The zero-order valence-electron chi connectivity index (χ0n) is 11.3. The lowest BCUT2D eigenvalue weighted by Crippen LogP contribution is -2.58. The van der Waals surface area contributed by atoms with Crippen LogP contribution in [0.3, 0.4) is 0 Å². The number of aliphatic carboxylic acids is 1. The number of carboxylic acid groups (broad SMARTS) is 1. The van der Waals surface area contributed by atoms with Crippen molar-refractivity contribution in [3.05, 3.63) is 0 Å². The molecule has 0 aliphatic carbocycles. The number of rotatable bonds is 4. The Hall–Kier alpha value is -1.10. The highest BCUT2D eigenvalue weighted by molar-refractivity contribution is 5.90. The highest BCUT2D eigenvalue weighted by Crippen LogP contribution is 2.23. The fourth-order valence-electron chi connectivity index (χ4n) is 2.45. The number of hydrogen-bond donors (Lipinski definition) is 2. The molecule has 1 saturated heterocycles. The van der Waals surface area contributed by atoms with Gasteiger partial charge < -0.3 is 15.7 Å². The van der Waals surface area contributed by atoms with E-state index in [1.807, 2.05) is 13.8 Å². The number of nitrogens with zero attached hydrogens (tertiary/aromatic N) is 1. The SMILES string of the molecule is CCC(N)(CC)C(=O)N1CCCCCC1C(=O)O. The number of nitrogens with two attached hydrogens (primary N) is 1. The molecule has 1 aliphatic heterocycles. The van der Waals surface area contributed by atoms with Crippen LogP contribution in [0, 0.1) is 0 Å². The first kappa shape index (κ1) is 15.0. The van der Waals surface area contributed by atoms with E-state index < -0.39 is 17.6 Å². The van der Waals surface area contributed by atoms with Gasteiger partial charge in [0.1, 0.15) is 6.04 Å². The number of carboxylic acids is 1. The van der Waals surface area contributed by atoms with Crippen LogP contribution in [-0.4, -0.2) is 40.0 Å². The third kappa shape index (κ3) is 3.02. The number of carbonyl (C=O) groups excluding carboxylic acids is 1. The summed E-state index contributed by atoms with van der Waals surface area (Å²) in [6, 6.07) is -0.707. The number of hydrogen-bond acceptors (Lipinski definition) is 3. The monoisotopic (exact) mass is 256 g/mol. The molecule has 5 nitrogen and oxygen atoms in total. The second-order valence-electron chi connectivity index (χ2n) is 5.07. The van der Waals surface area contributed by atoms with E-state index in [1.165, 1.54) is 4.90 Å². The lowest BCUT2D eigenvalue weighted by molar-refractivity contribution is -0.152. The van der Waals surface area contributed by atoms with Crippen LogP contribution in [-0.2, 0) is 9.59 Å². The number of likely N-dealkylation sites (tertiary alicyclic amines) is 1. The molecule has 0 radical (unpaired) electrons. The van der Waals surface area contributed by atoms with Crippen molar-refractivity contribution in [1.82, 2.24) is 4.90 Å². The van der Waals surface area contributed by atoms with E-state index in [0.29, 0.717) is 25.8 Å². The largest absolute Gasteiger partial charge is 0.480 e. The Bertz CT molecular complexity index is 313. The fourth-order valence-corrected chi connectivity index (χ4v) is 2.45. The molecule has 0 bridgehead atoms. The van der Waals surface area contributed by atoms with Crippen LogP contribution in [0.2, 0.25) is 0 Å². The van der Waals surface area contributed by atoms with Gasteiger partial charge in [-0.05, 0) is 25.7 Å². The van der Waals surface area contributed by atoms with Crippen LogP contribution < -0.4 is 5.73 Å². The molecule has 1 heterocycles. The van der Waals surface area contributed by atoms with Gasteiger partial charge in [-0.3, -0.25) is 4.79 Å². The molecule has 1 atom stereocenters. The Morgan fingerprint density at radius 3 is 2.39 bits per heavy atom. The van der Waals surface area contributed by atoms with Gasteiger partial charge in [0.15, 0.2) is 0 Å². The van der Waals surface area contributed by atoms with Gasteiger partial charge in [0, 0.05) is 6.54 Å². The van der Waals surface area contributed by atoms with Crippen LogP contribution in [0.15, 0.2) is 0 Å². The summed E-state index contributed by atoms with van der Waals surface area (Å²) in [5, 5.41) is 9.26. The standard InChI is InChI=1S/C13H24N2O3/c1-3-13(14,4-2)12(18)15-9-7-5-6-8-10(15)11(16)17/h10H,3-9,14H2,1-2H3,(H,16,17). The Kier molecular flexibility index (Phi) is 5.14. The zero-order chi connectivity index (χ0) is 13.8. The molecule has 1 amide bonds. The van der Waals surface area contributed by atoms with Gasteiger partial charge in [-0.15, -0.1) is 0 Å². The van der Waals surface area contributed by atoms with Crippen molar-refractivity contribution in [2.45, 2.75) is 64.0 Å². The van der Waals surface area contributed by atoms with Gasteiger partial charge in [0.2, 0.25) is 5.91 Å². The molecule has 1 fully saturated rings. The molecule has 0 aromatic carbocycles. The summed E-state index contributed by atoms with van der Waals surface area (Å²) >= 11 is 0. The molecule has 0 aromatic heterocycles. The van der Waals surface area contributed by atoms with Crippen LogP contribution in [0.1, 0.15) is 52.4 Å². The van der Waals surface area contributed by atoms with Crippen LogP contribution in [0.25, 0.3) is 0 Å². The fraction of sp³-hybridized carbons (Fsp3) is 0.846. The van der Waals surface area contributed by atoms with E-state index in [4.69, 9.17) is 5.73 Å². The average Bonchev–Trinajstić information content (AvgIpc) is 2.62. The maximum atomic E-state index is 12.5. The maximum Gasteiger partial charge on any atom is 0.326 e. The van der Waals surface area contributed by atoms with E-state index in [0.717, 1.165) is 19.3 Å². The highest BCUT2D eigenvalue weighted by atomic mass is 16.4. The van der Waals surface area contributed by atoms with Crippen molar-refractivity contribution >= 4 is 11.9 Å². The summed E-state index contributed by atoms with van der Waals surface area (Å²) in [4.78, 5) is 25.3. The van der Waals surface area contributed by atoms with Crippen LogP contribution in [0.4, 0.5) is 0 Å². The summed E-state index contributed by atoms with van der Waals surface area (Å²) in [7, 11) is 0. The normalized spacial score (nSPS) is 21.5. The smallest absolute Gasteiger partial charge is 0.326 e. The third-order valence-electron chi connectivity index (χ3n) is 3.99. The van der Waals surface area contributed by atoms with E-state index >= 15 is 0 Å².